The Labute approximate surface area is 117 Å². The summed E-state index contributed by atoms with van der Waals surface area (Å²) >= 11 is 1.69. The number of thioether (sulfide) groups is 1. The van der Waals surface area contributed by atoms with E-state index in [2.05, 4.69) is 10.6 Å². The third kappa shape index (κ3) is 4.21. The maximum atomic E-state index is 13.3. The Kier molecular flexibility index (Phi) is 5.22. The van der Waals surface area contributed by atoms with Gasteiger partial charge in [-0.25, -0.2) is 4.39 Å². The van der Waals surface area contributed by atoms with Crippen molar-refractivity contribution in [2.75, 3.05) is 24.2 Å². The molecular formula is C14H19FN2OS. The van der Waals surface area contributed by atoms with Crippen molar-refractivity contribution in [2.45, 2.75) is 25.0 Å². The summed E-state index contributed by atoms with van der Waals surface area (Å²) in [7, 11) is 0. The third-order valence-corrected chi connectivity index (χ3v) is 4.65. The van der Waals surface area contributed by atoms with E-state index in [4.69, 9.17) is 0 Å². The van der Waals surface area contributed by atoms with Gasteiger partial charge in [0, 0.05) is 16.5 Å². The molecule has 1 aliphatic rings. The van der Waals surface area contributed by atoms with Gasteiger partial charge in [-0.3, -0.25) is 4.79 Å². The molecule has 0 saturated carbocycles. The molecule has 19 heavy (non-hydrogen) atoms. The highest BCUT2D eigenvalue weighted by Crippen LogP contribution is 2.21. The van der Waals surface area contributed by atoms with E-state index in [0.717, 1.165) is 25.9 Å². The molecule has 5 heteroatoms. The fourth-order valence-electron chi connectivity index (χ4n) is 2.08. The minimum atomic E-state index is -0.288. The summed E-state index contributed by atoms with van der Waals surface area (Å²) in [4.78, 5) is 11.8. The summed E-state index contributed by atoms with van der Waals surface area (Å²) in [6, 6.07) is 4.73. The van der Waals surface area contributed by atoms with Crippen molar-refractivity contribution in [2.24, 2.45) is 0 Å². The second-order valence-electron chi connectivity index (χ2n) is 4.72. The van der Waals surface area contributed by atoms with E-state index in [0.29, 0.717) is 22.3 Å². The van der Waals surface area contributed by atoms with Crippen LogP contribution in [0.15, 0.2) is 18.2 Å². The summed E-state index contributed by atoms with van der Waals surface area (Å²) in [6.45, 7) is 3.73. The second kappa shape index (κ2) is 6.91. The van der Waals surface area contributed by atoms with Gasteiger partial charge in [0.15, 0.2) is 0 Å². The van der Waals surface area contributed by atoms with Crippen LogP contribution in [0.5, 0.6) is 0 Å². The minimum Gasteiger partial charge on any atom is -0.325 e. The Morgan fingerprint density at radius 3 is 2.95 bits per heavy atom. The van der Waals surface area contributed by atoms with Gasteiger partial charge >= 0.3 is 0 Å². The van der Waals surface area contributed by atoms with Gasteiger partial charge in [0.25, 0.3) is 0 Å². The highest BCUT2D eigenvalue weighted by Gasteiger charge is 2.15. The molecule has 104 valence electrons. The first-order valence-electron chi connectivity index (χ1n) is 6.54. The van der Waals surface area contributed by atoms with Crippen LogP contribution in [0.4, 0.5) is 10.1 Å². The SMILES string of the molecule is Cc1c(F)cccc1NC(=O)CSC1CCNCC1. The summed E-state index contributed by atoms with van der Waals surface area (Å²) in [5, 5.41) is 6.63. The fourth-order valence-corrected chi connectivity index (χ4v) is 3.11. The van der Waals surface area contributed by atoms with Crippen molar-refractivity contribution in [3.63, 3.8) is 0 Å². The minimum absolute atomic E-state index is 0.0581. The number of hydrogen-bond donors (Lipinski definition) is 2. The van der Waals surface area contributed by atoms with Crippen LogP contribution in [-0.2, 0) is 4.79 Å². The van der Waals surface area contributed by atoms with E-state index in [1.807, 2.05) is 0 Å². The van der Waals surface area contributed by atoms with E-state index in [1.165, 1.54) is 6.07 Å². The summed E-state index contributed by atoms with van der Waals surface area (Å²) in [5.41, 5.74) is 1.05. The molecule has 1 saturated heterocycles. The first kappa shape index (κ1) is 14.3. The molecule has 2 N–H and O–H groups in total. The molecule has 1 heterocycles. The van der Waals surface area contributed by atoms with E-state index in [-0.39, 0.29) is 11.7 Å². The zero-order chi connectivity index (χ0) is 13.7. The van der Waals surface area contributed by atoms with E-state index >= 15 is 0 Å². The maximum Gasteiger partial charge on any atom is 0.234 e. The van der Waals surface area contributed by atoms with Gasteiger partial charge < -0.3 is 10.6 Å². The summed E-state index contributed by atoms with van der Waals surface area (Å²) < 4.78 is 13.3. The van der Waals surface area contributed by atoms with Gasteiger partial charge in [-0.2, -0.15) is 0 Å². The second-order valence-corrected chi connectivity index (χ2v) is 6.01. The number of benzene rings is 1. The van der Waals surface area contributed by atoms with Crippen LogP contribution in [0.3, 0.4) is 0 Å². The van der Waals surface area contributed by atoms with E-state index in [1.54, 1.807) is 30.8 Å². The number of nitrogens with one attached hydrogen (secondary N) is 2. The molecule has 0 aliphatic carbocycles. The van der Waals surface area contributed by atoms with Crippen LogP contribution < -0.4 is 10.6 Å². The average Bonchev–Trinajstić information content (AvgIpc) is 2.43. The highest BCUT2D eigenvalue weighted by molar-refractivity contribution is 8.00. The lowest BCUT2D eigenvalue weighted by Crippen LogP contribution is -2.30. The van der Waals surface area contributed by atoms with E-state index < -0.39 is 0 Å². The predicted octanol–water partition coefficient (Wildman–Crippen LogP) is 2.56. The van der Waals surface area contributed by atoms with Crippen LogP contribution in [0.25, 0.3) is 0 Å². The number of rotatable bonds is 4. The highest BCUT2D eigenvalue weighted by atomic mass is 32.2. The van der Waals surface area contributed by atoms with Crippen LogP contribution in [0.2, 0.25) is 0 Å². The fraction of sp³-hybridized carbons (Fsp3) is 0.500. The number of anilines is 1. The van der Waals surface area contributed by atoms with Crippen molar-refractivity contribution in [3.05, 3.63) is 29.6 Å². The molecule has 2 rings (SSSR count). The molecule has 0 aromatic heterocycles. The van der Waals surface area contributed by atoms with Crippen molar-refractivity contribution < 1.29 is 9.18 Å². The average molecular weight is 282 g/mol. The number of amides is 1. The summed E-state index contributed by atoms with van der Waals surface area (Å²) in [5.74, 6) is 0.0849. The van der Waals surface area contributed by atoms with Gasteiger partial charge in [-0.05, 0) is 45.0 Å². The van der Waals surface area contributed by atoms with Gasteiger partial charge in [0.2, 0.25) is 5.91 Å². The summed E-state index contributed by atoms with van der Waals surface area (Å²) in [6.07, 6.45) is 2.22. The smallest absolute Gasteiger partial charge is 0.234 e. The molecule has 1 aromatic carbocycles. The Hall–Kier alpha value is -1.07. The van der Waals surface area contributed by atoms with Gasteiger partial charge in [-0.15, -0.1) is 11.8 Å². The Morgan fingerprint density at radius 2 is 2.21 bits per heavy atom. The van der Waals surface area contributed by atoms with Gasteiger partial charge in [0.1, 0.15) is 5.82 Å². The van der Waals surface area contributed by atoms with Crippen molar-refractivity contribution >= 4 is 23.4 Å². The molecule has 0 unspecified atom stereocenters. The van der Waals surface area contributed by atoms with Gasteiger partial charge in [-0.1, -0.05) is 6.07 Å². The molecule has 3 nitrogen and oxygen atoms in total. The maximum absolute atomic E-state index is 13.3. The molecule has 1 aromatic rings. The standard InChI is InChI=1S/C14H19FN2OS/c1-10-12(15)3-2-4-13(10)17-14(18)9-19-11-5-7-16-8-6-11/h2-4,11,16H,5-9H2,1H3,(H,17,18). The van der Waals surface area contributed by atoms with Crippen molar-refractivity contribution in [3.8, 4) is 0 Å². The zero-order valence-corrected chi connectivity index (χ0v) is 11.9. The Bertz CT molecular complexity index is 447. The molecular weight excluding hydrogens is 263 g/mol. The van der Waals surface area contributed by atoms with E-state index in [9.17, 15) is 9.18 Å². The lowest BCUT2D eigenvalue weighted by atomic mass is 10.2. The molecule has 0 atom stereocenters. The number of halogens is 1. The molecule has 1 fully saturated rings. The molecule has 0 radical (unpaired) electrons. The lowest BCUT2D eigenvalue weighted by Gasteiger charge is -2.21. The first-order valence-corrected chi connectivity index (χ1v) is 7.59. The molecule has 0 spiro atoms. The van der Waals surface area contributed by atoms with Crippen molar-refractivity contribution in [1.29, 1.82) is 0 Å². The van der Waals surface area contributed by atoms with Gasteiger partial charge in [0.05, 0.1) is 5.75 Å². The monoisotopic (exact) mass is 282 g/mol. The first-order chi connectivity index (χ1) is 9.16. The predicted molar refractivity (Wildman–Crippen MR) is 78.1 cm³/mol. The largest absolute Gasteiger partial charge is 0.325 e. The number of carbonyl (C=O) groups excluding carboxylic acids is 1. The van der Waals surface area contributed by atoms with Crippen LogP contribution in [0, 0.1) is 12.7 Å². The Balaban J connectivity index is 1.82. The quantitative estimate of drug-likeness (QED) is 0.892. The molecule has 1 aliphatic heterocycles. The Morgan fingerprint density at radius 1 is 1.47 bits per heavy atom. The topological polar surface area (TPSA) is 41.1 Å². The number of piperidine rings is 1. The van der Waals surface area contributed by atoms with Crippen LogP contribution in [0.1, 0.15) is 18.4 Å². The number of hydrogen-bond acceptors (Lipinski definition) is 3. The van der Waals surface area contributed by atoms with Crippen LogP contribution in [-0.4, -0.2) is 30.0 Å². The molecule has 1 amide bonds. The van der Waals surface area contributed by atoms with Crippen molar-refractivity contribution in [1.82, 2.24) is 5.32 Å². The third-order valence-electron chi connectivity index (χ3n) is 3.28. The molecule has 0 bridgehead atoms. The van der Waals surface area contributed by atoms with Crippen LogP contribution >= 0.6 is 11.8 Å². The lowest BCUT2D eigenvalue weighted by molar-refractivity contribution is -0.113. The number of carbonyl (C=O) groups is 1. The zero-order valence-electron chi connectivity index (χ0n) is 11.0. The normalized spacial score (nSPS) is 16.3.